The summed E-state index contributed by atoms with van der Waals surface area (Å²) in [6.07, 6.45) is 7.49. The van der Waals surface area contributed by atoms with Crippen LogP contribution in [-0.2, 0) is 14.4 Å². The number of fused-ring (bicyclic) bond motifs is 2. The molecule has 2 aliphatic carbocycles. The van der Waals surface area contributed by atoms with Gasteiger partial charge in [-0.15, -0.1) is 0 Å². The van der Waals surface area contributed by atoms with Crippen molar-refractivity contribution in [1.82, 2.24) is 0 Å². The van der Waals surface area contributed by atoms with E-state index in [4.69, 9.17) is 0 Å². The van der Waals surface area contributed by atoms with Gasteiger partial charge in [-0.2, -0.15) is 0 Å². The Morgan fingerprint density at radius 3 is 1.92 bits per heavy atom. The number of hydrogen-bond donors (Lipinski definition) is 1. The Kier molecular flexibility index (Phi) is 8.02. The predicted octanol–water partition coefficient (Wildman–Crippen LogP) is 7.76. The molecule has 2 saturated carbocycles. The quantitative estimate of drug-likeness (QED) is 0.136. The van der Waals surface area contributed by atoms with Crippen LogP contribution in [0.2, 0.25) is 0 Å². The maximum Gasteiger partial charge on any atom is 0.184 e. The number of rotatable bonds is 7. The summed E-state index contributed by atoms with van der Waals surface area (Å²) in [7, 11) is 0. The zero-order valence-corrected chi connectivity index (χ0v) is 23.7. The number of aliphatic hydroxyl groups excluding tert-OH is 1. The van der Waals surface area contributed by atoms with E-state index in [9.17, 15) is 19.5 Å². The third kappa shape index (κ3) is 4.71. The normalized spacial score (nSPS) is 27.9. The molecule has 0 amide bonds. The zero-order chi connectivity index (χ0) is 27.8. The molecule has 2 fully saturated rings. The maximum atomic E-state index is 14.7. The average molecular weight is 503 g/mol. The van der Waals surface area contributed by atoms with E-state index in [2.05, 4.69) is 6.08 Å². The number of Topliss-reactive ketones (excluding diaryl/α,β-unsaturated/α-hetero) is 3. The summed E-state index contributed by atoms with van der Waals surface area (Å²) >= 11 is 0. The fourth-order valence-electron chi connectivity index (χ4n) is 6.13. The number of allylic oxidation sites excluding steroid dienone is 7. The predicted molar refractivity (Wildman–Crippen MR) is 150 cm³/mol. The molecule has 37 heavy (non-hydrogen) atoms. The molecule has 0 aromatic heterocycles. The summed E-state index contributed by atoms with van der Waals surface area (Å²) < 4.78 is 0. The minimum absolute atomic E-state index is 0.0652. The van der Waals surface area contributed by atoms with Crippen LogP contribution in [0, 0.1) is 22.2 Å². The van der Waals surface area contributed by atoms with Crippen molar-refractivity contribution in [3.05, 3.63) is 76.4 Å². The molecule has 0 heterocycles. The summed E-state index contributed by atoms with van der Waals surface area (Å²) in [6.45, 7) is 15.9. The summed E-state index contributed by atoms with van der Waals surface area (Å²) in [5.41, 5.74) is -0.236. The zero-order valence-electron chi connectivity index (χ0n) is 23.7. The number of carbonyl (C=O) groups excluding carboxylic acids is 3. The first kappa shape index (κ1) is 28.6. The van der Waals surface area contributed by atoms with Crippen LogP contribution in [0.1, 0.15) is 86.6 Å². The molecule has 3 atom stereocenters. The molecule has 0 aliphatic heterocycles. The highest BCUT2D eigenvalue weighted by molar-refractivity contribution is 6.41. The van der Waals surface area contributed by atoms with Crippen LogP contribution in [0.15, 0.2) is 70.9 Å². The van der Waals surface area contributed by atoms with Gasteiger partial charge in [0.15, 0.2) is 17.3 Å². The van der Waals surface area contributed by atoms with E-state index < -0.39 is 27.8 Å². The van der Waals surface area contributed by atoms with Crippen LogP contribution in [0.3, 0.4) is 0 Å². The number of aliphatic hydroxyl groups is 1. The molecule has 0 radical (unpaired) electrons. The molecular weight excluding hydrogens is 460 g/mol. The Morgan fingerprint density at radius 2 is 1.38 bits per heavy atom. The van der Waals surface area contributed by atoms with Gasteiger partial charge in [0.1, 0.15) is 16.7 Å². The average Bonchev–Trinajstić information content (AvgIpc) is 2.82. The van der Waals surface area contributed by atoms with Gasteiger partial charge in [0.25, 0.3) is 0 Å². The highest BCUT2D eigenvalue weighted by Gasteiger charge is 2.73. The van der Waals surface area contributed by atoms with Gasteiger partial charge in [-0.3, -0.25) is 14.4 Å². The molecule has 4 nitrogen and oxygen atoms in total. The number of benzene rings is 1. The highest BCUT2D eigenvalue weighted by Crippen LogP contribution is 2.65. The monoisotopic (exact) mass is 502 g/mol. The lowest BCUT2D eigenvalue weighted by Gasteiger charge is -2.60. The van der Waals surface area contributed by atoms with Gasteiger partial charge in [-0.25, -0.2) is 0 Å². The molecule has 1 N–H and O–H groups in total. The second-order valence-corrected chi connectivity index (χ2v) is 12.2. The molecule has 198 valence electrons. The van der Waals surface area contributed by atoms with E-state index in [-0.39, 0.29) is 35.9 Å². The van der Waals surface area contributed by atoms with Crippen LogP contribution < -0.4 is 0 Å². The van der Waals surface area contributed by atoms with Crippen LogP contribution in [-0.4, -0.2) is 22.5 Å². The molecule has 4 heteroatoms. The van der Waals surface area contributed by atoms with Gasteiger partial charge < -0.3 is 5.11 Å². The fraction of sp³-hybridized carbons (Fsp3) is 0.485. The lowest BCUT2D eigenvalue weighted by molar-refractivity contribution is -0.176. The number of hydrogen-bond acceptors (Lipinski definition) is 4. The summed E-state index contributed by atoms with van der Waals surface area (Å²) in [4.78, 5) is 43.6. The molecule has 1 aromatic carbocycles. The molecule has 2 bridgehead atoms. The Hall–Kier alpha value is -3.01. The minimum atomic E-state index is -1.45. The Morgan fingerprint density at radius 1 is 0.838 bits per heavy atom. The second-order valence-electron chi connectivity index (χ2n) is 12.2. The van der Waals surface area contributed by atoms with Gasteiger partial charge in [-0.1, -0.05) is 79.1 Å². The van der Waals surface area contributed by atoms with Gasteiger partial charge in [-0.05, 0) is 78.6 Å². The SMILES string of the molecule is CC(C)=CCC1CC2(CC=C(C)C)C(=O)/C(=C(/O)c3ccccc3)C(=O)C(CC=C(C)C)(C2=O)C1(C)C. The van der Waals surface area contributed by atoms with Gasteiger partial charge in [0.05, 0.1) is 5.41 Å². The minimum Gasteiger partial charge on any atom is -0.506 e. The van der Waals surface area contributed by atoms with Crippen LogP contribution >= 0.6 is 0 Å². The second kappa shape index (κ2) is 10.4. The third-order valence-corrected chi connectivity index (χ3v) is 8.58. The van der Waals surface area contributed by atoms with E-state index in [0.29, 0.717) is 18.4 Å². The van der Waals surface area contributed by atoms with Gasteiger partial charge >= 0.3 is 0 Å². The van der Waals surface area contributed by atoms with Crippen molar-refractivity contribution in [2.45, 2.75) is 81.1 Å². The number of ketones is 3. The first-order chi connectivity index (χ1) is 17.2. The largest absolute Gasteiger partial charge is 0.506 e. The van der Waals surface area contributed by atoms with Crippen molar-refractivity contribution in [3.63, 3.8) is 0 Å². The van der Waals surface area contributed by atoms with E-state index in [1.165, 1.54) is 0 Å². The van der Waals surface area contributed by atoms with E-state index in [1.54, 1.807) is 24.3 Å². The van der Waals surface area contributed by atoms with Crippen molar-refractivity contribution in [3.8, 4) is 0 Å². The molecule has 0 spiro atoms. The maximum absolute atomic E-state index is 14.7. The molecule has 0 saturated heterocycles. The van der Waals surface area contributed by atoms with E-state index >= 15 is 0 Å². The summed E-state index contributed by atoms with van der Waals surface area (Å²) in [5, 5.41) is 11.4. The third-order valence-electron chi connectivity index (χ3n) is 8.58. The number of carbonyl (C=O) groups is 3. The van der Waals surface area contributed by atoms with Gasteiger partial charge in [0, 0.05) is 5.56 Å². The van der Waals surface area contributed by atoms with Crippen molar-refractivity contribution in [2.24, 2.45) is 22.2 Å². The molecule has 3 unspecified atom stereocenters. The van der Waals surface area contributed by atoms with Gasteiger partial charge in [0.2, 0.25) is 0 Å². The highest BCUT2D eigenvalue weighted by atomic mass is 16.3. The van der Waals surface area contributed by atoms with Crippen molar-refractivity contribution < 1.29 is 19.5 Å². The first-order valence-corrected chi connectivity index (χ1v) is 13.3. The van der Waals surface area contributed by atoms with Crippen LogP contribution in [0.5, 0.6) is 0 Å². The van der Waals surface area contributed by atoms with E-state index in [1.807, 2.05) is 73.6 Å². The van der Waals surface area contributed by atoms with Crippen LogP contribution in [0.4, 0.5) is 0 Å². The molecule has 2 aliphatic rings. The molecular formula is C33H42O4. The standard InChI is InChI=1S/C33H42O4/c1-21(2)14-15-25-20-32(18-16-22(3)4)28(35)26(27(34)24-12-10-9-11-13-24)29(36)33(30(32)37,31(25,7)8)19-17-23(5)6/h9-14,16-17,25,34H,15,18-20H2,1-8H3/b27-26-. The first-order valence-electron chi connectivity index (χ1n) is 13.3. The van der Waals surface area contributed by atoms with Crippen molar-refractivity contribution >= 4 is 23.1 Å². The Labute approximate surface area is 222 Å². The smallest absolute Gasteiger partial charge is 0.184 e. The fourth-order valence-corrected chi connectivity index (χ4v) is 6.13. The van der Waals surface area contributed by atoms with Crippen LogP contribution in [0.25, 0.3) is 5.76 Å². The molecule has 1 aromatic rings. The summed E-state index contributed by atoms with van der Waals surface area (Å²) in [6, 6.07) is 8.70. The van der Waals surface area contributed by atoms with Crippen molar-refractivity contribution in [1.29, 1.82) is 0 Å². The summed E-state index contributed by atoms with van der Waals surface area (Å²) in [5.74, 6) is -1.75. The lowest BCUT2D eigenvalue weighted by atomic mass is 9.38. The van der Waals surface area contributed by atoms with Crippen molar-refractivity contribution in [2.75, 3.05) is 0 Å². The lowest BCUT2D eigenvalue weighted by Crippen LogP contribution is -2.69. The Balaban J connectivity index is 2.43. The molecule has 3 rings (SSSR count). The Bertz CT molecular complexity index is 1210. The van der Waals surface area contributed by atoms with E-state index in [0.717, 1.165) is 16.7 Å². The topological polar surface area (TPSA) is 71.4 Å².